The van der Waals surface area contributed by atoms with Crippen LogP contribution in [0.25, 0.3) is 20.7 Å². The number of hydrogen-bond acceptors (Lipinski definition) is 6. The van der Waals surface area contributed by atoms with Gasteiger partial charge < -0.3 is 4.90 Å². The van der Waals surface area contributed by atoms with Crippen molar-refractivity contribution in [1.82, 2.24) is 19.4 Å². The molecule has 4 aromatic rings. The molecule has 1 amide bonds. The van der Waals surface area contributed by atoms with Crippen LogP contribution in [0.15, 0.2) is 58.3 Å². The average molecular weight is 465 g/mol. The van der Waals surface area contributed by atoms with Gasteiger partial charge in [-0.05, 0) is 29.5 Å². The van der Waals surface area contributed by atoms with E-state index in [0.717, 1.165) is 30.1 Å². The smallest absolute Gasteiger partial charge is 0.263 e. The molecule has 1 fully saturated rings. The number of hydrogen-bond donors (Lipinski definition) is 0. The van der Waals surface area contributed by atoms with Gasteiger partial charge in [-0.2, -0.15) is 0 Å². The lowest BCUT2D eigenvalue weighted by Gasteiger charge is -2.35. The number of fused-ring (bicyclic) bond motifs is 1. The average Bonchev–Trinajstić information content (AvgIpc) is 3.48. The molecule has 0 radical (unpaired) electrons. The van der Waals surface area contributed by atoms with E-state index in [1.807, 2.05) is 27.8 Å². The summed E-state index contributed by atoms with van der Waals surface area (Å²) in [7, 11) is 0. The second-order valence-electron chi connectivity index (χ2n) is 8.07. The van der Waals surface area contributed by atoms with Crippen LogP contribution in [0.2, 0.25) is 0 Å². The van der Waals surface area contributed by atoms with Gasteiger partial charge in [0.2, 0.25) is 5.91 Å². The number of rotatable bonds is 5. The third kappa shape index (κ3) is 4.13. The van der Waals surface area contributed by atoms with Crippen molar-refractivity contribution in [3.05, 3.63) is 75.0 Å². The number of amides is 1. The molecule has 6 nitrogen and oxygen atoms in total. The van der Waals surface area contributed by atoms with Gasteiger partial charge in [0.1, 0.15) is 11.4 Å². The molecule has 4 heterocycles. The fraction of sp³-hybridized carbons (Fsp3) is 0.292. The maximum absolute atomic E-state index is 13.2. The number of piperazine rings is 1. The van der Waals surface area contributed by atoms with Crippen LogP contribution in [0.5, 0.6) is 0 Å². The monoisotopic (exact) mass is 464 g/mol. The second-order valence-corrected chi connectivity index (χ2v) is 9.87. The lowest BCUT2D eigenvalue weighted by atomic mass is 10.1. The standard InChI is InChI=1S/C24H24N4O2S2/c1-17-5-2-3-6-18(17)13-26-8-10-27(11-9-26)21(29)14-28-16-25-23-22(24(28)30)19(15-32-23)20-7-4-12-31-20/h2-7,12,15-16H,8-11,13-14H2,1H3. The van der Waals surface area contributed by atoms with Crippen molar-refractivity contribution in [2.75, 3.05) is 26.2 Å². The predicted molar refractivity (Wildman–Crippen MR) is 130 cm³/mol. The number of benzene rings is 1. The molecule has 5 rings (SSSR count). The number of thiophene rings is 2. The Labute approximate surface area is 194 Å². The zero-order valence-corrected chi connectivity index (χ0v) is 19.5. The molecule has 3 aromatic heterocycles. The Morgan fingerprint density at radius 2 is 1.88 bits per heavy atom. The summed E-state index contributed by atoms with van der Waals surface area (Å²) in [6.07, 6.45) is 1.51. The van der Waals surface area contributed by atoms with Gasteiger partial charge in [-0.25, -0.2) is 4.98 Å². The first-order valence-corrected chi connectivity index (χ1v) is 12.4. The Balaban J connectivity index is 1.27. The van der Waals surface area contributed by atoms with Crippen LogP contribution < -0.4 is 5.56 Å². The van der Waals surface area contributed by atoms with E-state index in [0.29, 0.717) is 23.3 Å². The van der Waals surface area contributed by atoms with Crippen LogP contribution >= 0.6 is 22.7 Å². The van der Waals surface area contributed by atoms with Crippen LogP contribution in [-0.4, -0.2) is 51.4 Å². The summed E-state index contributed by atoms with van der Waals surface area (Å²) in [5.74, 6) is -0.0308. The van der Waals surface area contributed by atoms with Gasteiger partial charge in [0.05, 0.1) is 11.7 Å². The van der Waals surface area contributed by atoms with Crippen LogP contribution in [0.4, 0.5) is 0 Å². The van der Waals surface area contributed by atoms with E-state index >= 15 is 0 Å². The molecule has 164 valence electrons. The Morgan fingerprint density at radius 3 is 2.62 bits per heavy atom. The molecule has 0 spiro atoms. The highest BCUT2D eigenvalue weighted by Gasteiger charge is 2.23. The van der Waals surface area contributed by atoms with E-state index in [9.17, 15) is 9.59 Å². The summed E-state index contributed by atoms with van der Waals surface area (Å²) in [6, 6.07) is 12.4. The second kappa shape index (κ2) is 8.97. The van der Waals surface area contributed by atoms with Crippen LogP contribution in [0, 0.1) is 6.92 Å². The fourth-order valence-corrected chi connectivity index (χ4v) is 5.84. The molecule has 0 unspecified atom stereocenters. The number of nitrogens with zero attached hydrogens (tertiary/aromatic N) is 4. The van der Waals surface area contributed by atoms with Crippen LogP contribution in [-0.2, 0) is 17.9 Å². The van der Waals surface area contributed by atoms with Gasteiger partial charge in [-0.1, -0.05) is 30.3 Å². The molecule has 1 saturated heterocycles. The molecule has 0 aliphatic carbocycles. The minimum atomic E-state index is -0.147. The first-order valence-electron chi connectivity index (χ1n) is 10.7. The molecule has 0 bridgehead atoms. The molecule has 0 saturated carbocycles. The SMILES string of the molecule is Cc1ccccc1CN1CCN(C(=O)Cn2cnc3scc(-c4cccs4)c3c2=O)CC1. The van der Waals surface area contributed by atoms with Crippen molar-refractivity contribution >= 4 is 38.8 Å². The van der Waals surface area contributed by atoms with Gasteiger partial charge in [-0.15, -0.1) is 22.7 Å². The molecular formula is C24H24N4O2S2. The largest absolute Gasteiger partial charge is 0.339 e. The van der Waals surface area contributed by atoms with Crippen molar-refractivity contribution in [3.8, 4) is 10.4 Å². The van der Waals surface area contributed by atoms with Gasteiger partial charge in [0.25, 0.3) is 5.56 Å². The number of aryl methyl sites for hydroxylation is 1. The molecule has 1 aromatic carbocycles. The van der Waals surface area contributed by atoms with Gasteiger partial charge in [-0.3, -0.25) is 19.1 Å². The highest BCUT2D eigenvalue weighted by atomic mass is 32.1. The van der Waals surface area contributed by atoms with E-state index in [1.54, 1.807) is 11.3 Å². The quantitative estimate of drug-likeness (QED) is 0.450. The number of aromatic nitrogens is 2. The molecule has 1 aliphatic rings. The van der Waals surface area contributed by atoms with E-state index in [-0.39, 0.29) is 18.0 Å². The summed E-state index contributed by atoms with van der Waals surface area (Å²) >= 11 is 3.06. The van der Waals surface area contributed by atoms with Gasteiger partial charge in [0, 0.05) is 48.5 Å². The van der Waals surface area contributed by atoms with Crippen LogP contribution in [0.1, 0.15) is 11.1 Å². The highest BCUT2D eigenvalue weighted by molar-refractivity contribution is 7.18. The van der Waals surface area contributed by atoms with Gasteiger partial charge in [0.15, 0.2) is 0 Å². The van der Waals surface area contributed by atoms with Crippen molar-refractivity contribution < 1.29 is 4.79 Å². The summed E-state index contributed by atoms with van der Waals surface area (Å²) in [5.41, 5.74) is 3.38. The zero-order chi connectivity index (χ0) is 22.1. The van der Waals surface area contributed by atoms with Crippen LogP contribution in [0.3, 0.4) is 0 Å². The van der Waals surface area contributed by atoms with E-state index in [1.165, 1.54) is 33.4 Å². The third-order valence-electron chi connectivity index (χ3n) is 6.03. The molecule has 0 N–H and O–H groups in total. The predicted octanol–water partition coefficient (Wildman–Crippen LogP) is 3.84. The summed E-state index contributed by atoms with van der Waals surface area (Å²) in [6.45, 7) is 6.08. The minimum absolute atomic E-state index is 0.0271. The Bertz CT molecular complexity index is 1300. The van der Waals surface area contributed by atoms with Crippen molar-refractivity contribution in [2.45, 2.75) is 20.0 Å². The number of carbonyl (C=O) groups excluding carboxylic acids is 1. The van der Waals surface area contributed by atoms with E-state index in [2.05, 4.69) is 41.1 Å². The fourth-order valence-electron chi connectivity index (χ4n) is 4.12. The molecule has 1 aliphatic heterocycles. The lowest BCUT2D eigenvalue weighted by molar-refractivity contribution is -0.133. The van der Waals surface area contributed by atoms with Gasteiger partial charge >= 0.3 is 0 Å². The highest BCUT2D eigenvalue weighted by Crippen LogP contribution is 2.33. The minimum Gasteiger partial charge on any atom is -0.339 e. The zero-order valence-electron chi connectivity index (χ0n) is 17.9. The third-order valence-corrected chi connectivity index (χ3v) is 7.82. The van der Waals surface area contributed by atoms with E-state index < -0.39 is 0 Å². The number of carbonyl (C=O) groups is 1. The Hall–Kier alpha value is -2.81. The maximum atomic E-state index is 13.2. The maximum Gasteiger partial charge on any atom is 0.263 e. The van der Waals surface area contributed by atoms with Crippen molar-refractivity contribution in [2.24, 2.45) is 0 Å². The van der Waals surface area contributed by atoms with Crippen molar-refractivity contribution in [3.63, 3.8) is 0 Å². The summed E-state index contributed by atoms with van der Waals surface area (Å²) < 4.78 is 1.45. The Morgan fingerprint density at radius 1 is 1.06 bits per heavy atom. The molecule has 32 heavy (non-hydrogen) atoms. The Kier molecular flexibility index (Phi) is 5.91. The summed E-state index contributed by atoms with van der Waals surface area (Å²) in [4.78, 5) is 36.6. The molecular weight excluding hydrogens is 440 g/mol. The molecule has 8 heteroatoms. The molecule has 0 atom stereocenters. The first-order chi connectivity index (χ1) is 15.6. The lowest BCUT2D eigenvalue weighted by Crippen LogP contribution is -2.49. The normalized spacial score (nSPS) is 14.8. The first kappa shape index (κ1) is 21.1. The van der Waals surface area contributed by atoms with E-state index in [4.69, 9.17) is 0 Å². The summed E-state index contributed by atoms with van der Waals surface area (Å²) in [5, 5.41) is 4.58. The topological polar surface area (TPSA) is 58.4 Å². The van der Waals surface area contributed by atoms with Crippen molar-refractivity contribution in [1.29, 1.82) is 0 Å².